The predicted octanol–water partition coefficient (Wildman–Crippen LogP) is 1.50. The molecule has 1 nitrogen and oxygen atoms in total. The van der Waals surface area contributed by atoms with Gasteiger partial charge < -0.3 is 4.74 Å². The van der Waals surface area contributed by atoms with E-state index in [9.17, 15) is 0 Å². The minimum Gasteiger partial charge on any atom is -0.388 e. The molecule has 0 rings (SSSR count). The Kier molecular flexibility index (Phi) is 58.3. The molecule has 0 aromatic carbocycles. The fourth-order valence-electron chi connectivity index (χ4n) is 0. The largest absolute Gasteiger partial charge is 0.388 e. The first-order valence-corrected chi connectivity index (χ1v) is 0.816. The molecule has 0 heterocycles. The number of hydrogen-bond donors (Lipinski definition) is 0. The third-order valence-electron chi connectivity index (χ3n) is 0. The first-order valence-electron chi connectivity index (χ1n) is 0.816. The van der Waals surface area contributed by atoms with Crippen LogP contribution < -0.4 is 0 Å². The molecule has 0 amide bonds. The molecule has 0 aliphatic heterocycles. The van der Waals surface area contributed by atoms with Gasteiger partial charge in [0.1, 0.15) is 0 Å². The van der Waals surface area contributed by atoms with Crippen molar-refractivity contribution in [2.24, 2.45) is 0 Å². The number of methoxy groups -OCH3 is 1. The van der Waals surface area contributed by atoms with E-state index in [-0.39, 0.29) is 48.0 Å². The first-order chi connectivity index (χ1) is 1.41. The minimum atomic E-state index is 0. The summed E-state index contributed by atoms with van der Waals surface area (Å²) in [6.07, 6.45) is 0. The standard InChI is InChI=1S/C2H6O.2HI/c1-3-2;;/h1-2H3;2*1H. The lowest BCUT2D eigenvalue weighted by molar-refractivity contribution is 0.277. The maximum absolute atomic E-state index is 4.25. The summed E-state index contributed by atoms with van der Waals surface area (Å²) >= 11 is 0. The Morgan fingerprint density at radius 1 is 1.00 bits per heavy atom. The maximum Gasteiger partial charge on any atom is 0.0351 e. The molecule has 0 saturated heterocycles. The quantitative estimate of drug-likeness (QED) is 0.616. The second-order valence-corrected chi connectivity index (χ2v) is 0.408. The Labute approximate surface area is 66.5 Å². The predicted molar refractivity (Wildman–Crippen MR) is 43.8 cm³/mol. The van der Waals surface area contributed by atoms with Gasteiger partial charge in [-0.3, -0.25) is 0 Å². The fourth-order valence-corrected chi connectivity index (χ4v) is 0. The lowest BCUT2D eigenvalue weighted by Gasteiger charge is -1.61. The topological polar surface area (TPSA) is 9.23 Å². The van der Waals surface area contributed by atoms with Crippen molar-refractivity contribution in [3.63, 3.8) is 0 Å². The van der Waals surface area contributed by atoms with Crippen molar-refractivity contribution in [1.29, 1.82) is 0 Å². The molecule has 0 aromatic rings. The van der Waals surface area contributed by atoms with E-state index in [4.69, 9.17) is 0 Å². The van der Waals surface area contributed by atoms with Gasteiger partial charge >= 0.3 is 0 Å². The highest BCUT2D eigenvalue weighted by Gasteiger charge is 1.25. The van der Waals surface area contributed by atoms with Crippen molar-refractivity contribution in [2.75, 3.05) is 14.2 Å². The molecule has 3 heteroatoms. The Bertz CT molecular complexity index is 7.61. The fraction of sp³-hybridized carbons (Fsp3) is 1.00. The van der Waals surface area contributed by atoms with Crippen molar-refractivity contribution in [3.05, 3.63) is 0 Å². The zero-order valence-corrected chi connectivity index (χ0v) is 7.89. The molecular formula is C2H8I2O. The zero-order chi connectivity index (χ0) is 2.71. The van der Waals surface area contributed by atoms with Crippen LogP contribution >= 0.6 is 48.0 Å². The van der Waals surface area contributed by atoms with Gasteiger partial charge in [0.2, 0.25) is 0 Å². The van der Waals surface area contributed by atoms with Crippen molar-refractivity contribution < 1.29 is 4.74 Å². The smallest absolute Gasteiger partial charge is 0.0351 e. The third kappa shape index (κ3) is 31.4. The molecule has 0 aliphatic rings. The minimum absolute atomic E-state index is 0. The van der Waals surface area contributed by atoms with Crippen LogP contribution in [0.3, 0.4) is 0 Å². The van der Waals surface area contributed by atoms with Crippen LogP contribution in [0.5, 0.6) is 0 Å². The molecular weight excluding hydrogens is 294 g/mol. The average Bonchev–Trinajstić information content (AvgIpc) is 0.918. The highest BCUT2D eigenvalue weighted by molar-refractivity contribution is 14.0. The molecule has 0 unspecified atom stereocenters. The molecule has 0 aliphatic carbocycles. The van der Waals surface area contributed by atoms with Crippen LogP contribution in [0.1, 0.15) is 0 Å². The van der Waals surface area contributed by atoms with Crippen molar-refractivity contribution in [1.82, 2.24) is 0 Å². The van der Waals surface area contributed by atoms with Crippen molar-refractivity contribution in [2.45, 2.75) is 0 Å². The normalized spacial score (nSPS) is 3.60. The van der Waals surface area contributed by atoms with Crippen LogP contribution in [0.2, 0.25) is 0 Å². The van der Waals surface area contributed by atoms with Crippen LogP contribution in [0.4, 0.5) is 0 Å². The second-order valence-electron chi connectivity index (χ2n) is 0.408. The molecule has 0 spiro atoms. The average molecular weight is 302 g/mol. The lowest BCUT2D eigenvalue weighted by Crippen LogP contribution is -1.55. The Morgan fingerprint density at radius 3 is 1.00 bits per heavy atom. The molecule has 0 atom stereocenters. The third-order valence-corrected chi connectivity index (χ3v) is 0. The lowest BCUT2D eigenvalue weighted by atomic mass is 11.6. The van der Waals surface area contributed by atoms with Gasteiger partial charge in [0, 0.05) is 14.2 Å². The van der Waals surface area contributed by atoms with Crippen LogP contribution in [0.15, 0.2) is 0 Å². The summed E-state index contributed by atoms with van der Waals surface area (Å²) in [6.45, 7) is 0. The van der Waals surface area contributed by atoms with E-state index < -0.39 is 0 Å². The Balaban J connectivity index is -0.0000000200. The number of ether oxygens (including phenoxy) is 1. The van der Waals surface area contributed by atoms with E-state index in [1.807, 2.05) is 0 Å². The van der Waals surface area contributed by atoms with Crippen molar-refractivity contribution in [3.8, 4) is 0 Å². The second kappa shape index (κ2) is 18.1. The van der Waals surface area contributed by atoms with Gasteiger partial charge in [0.25, 0.3) is 0 Å². The van der Waals surface area contributed by atoms with E-state index >= 15 is 0 Å². The summed E-state index contributed by atoms with van der Waals surface area (Å²) in [7, 11) is 3.25. The van der Waals surface area contributed by atoms with Gasteiger partial charge in [-0.25, -0.2) is 0 Å². The molecule has 0 aromatic heterocycles. The number of rotatable bonds is 0. The van der Waals surface area contributed by atoms with Gasteiger partial charge in [-0.2, -0.15) is 0 Å². The van der Waals surface area contributed by atoms with Crippen LogP contribution in [0, 0.1) is 0 Å². The van der Waals surface area contributed by atoms with Crippen LogP contribution in [-0.4, -0.2) is 14.2 Å². The van der Waals surface area contributed by atoms with E-state index in [1.165, 1.54) is 0 Å². The first kappa shape index (κ1) is 16.1. The zero-order valence-electron chi connectivity index (χ0n) is 3.22. The maximum atomic E-state index is 4.25. The van der Waals surface area contributed by atoms with Gasteiger partial charge in [0.05, 0.1) is 0 Å². The van der Waals surface area contributed by atoms with Gasteiger partial charge in [-0.05, 0) is 0 Å². The molecule has 0 bridgehead atoms. The summed E-state index contributed by atoms with van der Waals surface area (Å²) in [5, 5.41) is 0. The highest BCUT2D eigenvalue weighted by atomic mass is 127. The van der Waals surface area contributed by atoms with E-state index in [1.54, 1.807) is 14.2 Å². The molecule has 0 N–H and O–H groups in total. The summed E-state index contributed by atoms with van der Waals surface area (Å²) in [6, 6.07) is 0. The summed E-state index contributed by atoms with van der Waals surface area (Å²) < 4.78 is 4.25. The SMILES string of the molecule is COC.I.I. The summed E-state index contributed by atoms with van der Waals surface area (Å²) in [5.41, 5.74) is 0. The summed E-state index contributed by atoms with van der Waals surface area (Å²) in [5.74, 6) is 0. The van der Waals surface area contributed by atoms with Gasteiger partial charge in [-0.15, -0.1) is 48.0 Å². The Hall–Kier alpha value is 1.42. The van der Waals surface area contributed by atoms with Gasteiger partial charge in [0.15, 0.2) is 0 Å². The molecule has 0 radical (unpaired) electrons. The van der Waals surface area contributed by atoms with Crippen LogP contribution in [0.25, 0.3) is 0 Å². The number of hydrogen-bond acceptors (Lipinski definition) is 1. The molecule has 36 valence electrons. The number of halogens is 2. The monoisotopic (exact) mass is 302 g/mol. The van der Waals surface area contributed by atoms with E-state index in [0.29, 0.717) is 0 Å². The molecule has 0 fully saturated rings. The highest BCUT2D eigenvalue weighted by Crippen LogP contribution is 1.28. The van der Waals surface area contributed by atoms with E-state index in [2.05, 4.69) is 4.74 Å². The van der Waals surface area contributed by atoms with E-state index in [0.717, 1.165) is 0 Å². The molecule has 0 saturated carbocycles. The Morgan fingerprint density at radius 2 is 1.00 bits per heavy atom. The van der Waals surface area contributed by atoms with Crippen LogP contribution in [-0.2, 0) is 4.74 Å². The van der Waals surface area contributed by atoms with Crippen molar-refractivity contribution >= 4 is 48.0 Å². The molecule has 5 heavy (non-hydrogen) atoms. The summed E-state index contributed by atoms with van der Waals surface area (Å²) in [4.78, 5) is 0. The van der Waals surface area contributed by atoms with Gasteiger partial charge in [-0.1, -0.05) is 0 Å².